The van der Waals surface area contributed by atoms with Crippen LogP contribution in [0.4, 0.5) is 11.5 Å². The number of fused-ring (bicyclic) bond motifs is 1. The Morgan fingerprint density at radius 2 is 1.96 bits per heavy atom. The average Bonchev–Trinajstić information content (AvgIpc) is 3.07. The SMILES string of the molecule is COc1ccccc1CNc1cc(C(=O)N2c3ccccc3CC2C)ccn1. The Morgan fingerprint density at radius 1 is 1.18 bits per heavy atom. The maximum Gasteiger partial charge on any atom is 0.258 e. The molecule has 0 saturated carbocycles. The van der Waals surface area contributed by atoms with E-state index in [4.69, 9.17) is 4.74 Å². The highest BCUT2D eigenvalue weighted by atomic mass is 16.5. The number of pyridine rings is 1. The third-order valence-electron chi connectivity index (χ3n) is 5.09. The van der Waals surface area contributed by atoms with Crippen LogP contribution in [0.25, 0.3) is 0 Å². The van der Waals surface area contributed by atoms with E-state index in [1.54, 1.807) is 19.4 Å². The molecular weight excluding hydrogens is 350 g/mol. The van der Waals surface area contributed by atoms with Gasteiger partial charge in [-0.05, 0) is 43.2 Å². The summed E-state index contributed by atoms with van der Waals surface area (Å²) in [5.74, 6) is 1.49. The maximum atomic E-state index is 13.2. The molecule has 4 rings (SSSR count). The Labute approximate surface area is 165 Å². The standard InChI is InChI=1S/C23H23N3O2/c1-16-13-17-7-3-5-9-20(17)26(16)23(27)18-11-12-24-22(14-18)25-15-19-8-4-6-10-21(19)28-2/h3-12,14,16H,13,15H2,1-2H3,(H,24,25). The van der Waals surface area contributed by atoms with Gasteiger partial charge in [0, 0.05) is 35.6 Å². The molecule has 3 aromatic rings. The number of rotatable bonds is 5. The van der Waals surface area contributed by atoms with Crippen molar-refractivity contribution < 1.29 is 9.53 Å². The third-order valence-corrected chi connectivity index (χ3v) is 5.09. The van der Waals surface area contributed by atoms with Crippen molar-refractivity contribution in [1.29, 1.82) is 0 Å². The molecule has 1 aliphatic rings. The van der Waals surface area contributed by atoms with Crippen LogP contribution < -0.4 is 15.0 Å². The van der Waals surface area contributed by atoms with Crippen molar-refractivity contribution in [3.8, 4) is 5.75 Å². The molecule has 0 aliphatic carbocycles. The highest BCUT2D eigenvalue weighted by Crippen LogP contribution is 2.33. The summed E-state index contributed by atoms with van der Waals surface area (Å²) in [7, 11) is 1.66. The van der Waals surface area contributed by atoms with Gasteiger partial charge in [0.1, 0.15) is 11.6 Å². The minimum absolute atomic E-state index is 0.000177. The largest absolute Gasteiger partial charge is 0.496 e. The van der Waals surface area contributed by atoms with Gasteiger partial charge in [-0.15, -0.1) is 0 Å². The molecule has 0 saturated heterocycles. The summed E-state index contributed by atoms with van der Waals surface area (Å²) < 4.78 is 5.39. The summed E-state index contributed by atoms with van der Waals surface area (Å²) in [6, 6.07) is 19.7. The number of aromatic nitrogens is 1. The Balaban J connectivity index is 1.53. The lowest BCUT2D eigenvalue weighted by atomic mass is 10.1. The van der Waals surface area contributed by atoms with Crippen LogP contribution in [0.1, 0.15) is 28.4 Å². The Morgan fingerprint density at radius 3 is 2.82 bits per heavy atom. The van der Waals surface area contributed by atoms with E-state index < -0.39 is 0 Å². The topological polar surface area (TPSA) is 54.5 Å². The van der Waals surface area contributed by atoms with E-state index in [0.29, 0.717) is 17.9 Å². The van der Waals surface area contributed by atoms with Gasteiger partial charge in [0.15, 0.2) is 0 Å². The molecule has 2 aromatic carbocycles. The zero-order valence-electron chi connectivity index (χ0n) is 16.1. The van der Waals surface area contributed by atoms with Crippen LogP contribution in [0.2, 0.25) is 0 Å². The van der Waals surface area contributed by atoms with E-state index >= 15 is 0 Å². The van der Waals surface area contributed by atoms with Crippen molar-refractivity contribution in [2.75, 3.05) is 17.3 Å². The molecule has 5 heteroatoms. The van der Waals surface area contributed by atoms with Gasteiger partial charge in [-0.2, -0.15) is 0 Å². The van der Waals surface area contributed by atoms with Gasteiger partial charge in [-0.3, -0.25) is 4.79 Å². The normalized spacial score (nSPS) is 15.2. The van der Waals surface area contributed by atoms with Gasteiger partial charge < -0.3 is 15.0 Å². The van der Waals surface area contributed by atoms with Gasteiger partial charge in [0.05, 0.1) is 7.11 Å². The van der Waals surface area contributed by atoms with Gasteiger partial charge in [0.2, 0.25) is 0 Å². The number of amides is 1. The van der Waals surface area contributed by atoms with Gasteiger partial charge in [-0.1, -0.05) is 36.4 Å². The summed E-state index contributed by atoms with van der Waals surface area (Å²) in [4.78, 5) is 19.4. The van der Waals surface area contributed by atoms with Crippen LogP contribution >= 0.6 is 0 Å². The highest BCUT2D eigenvalue weighted by Gasteiger charge is 2.31. The van der Waals surface area contributed by atoms with Crippen LogP contribution in [0.5, 0.6) is 5.75 Å². The second-order valence-electron chi connectivity index (χ2n) is 6.95. The van der Waals surface area contributed by atoms with Gasteiger partial charge in [0.25, 0.3) is 5.91 Å². The predicted molar refractivity (Wildman–Crippen MR) is 111 cm³/mol. The van der Waals surface area contributed by atoms with E-state index in [-0.39, 0.29) is 11.9 Å². The first-order valence-electron chi connectivity index (χ1n) is 9.40. The molecule has 1 aromatic heterocycles. The van der Waals surface area contributed by atoms with Crippen LogP contribution in [-0.2, 0) is 13.0 Å². The highest BCUT2D eigenvalue weighted by molar-refractivity contribution is 6.08. The molecule has 0 fully saturated rings. The number of anilines is 2. The van der Waals surface area contributed by atoms with E-state index in [1.165, 1.54) is 5.56 Å². The molecule has 0 radical (unpaired) electrons. The first-order chi connectivity index (χ1) is 13.7. The van der Waals surface area contributed by atoms with Crippen LogP contribution in [0.15, 0.2) is 66.9 Å². The number of carbonyl (C=O) groups excluding carboxylic acids is 1. The maximum absolute atomic E-state index is 13.2. The molecule has 1 aliphatic heterocycles. The lowest BCUT2D eigenvalue weighted by Crippen LogP contribution is -2.35. The molecule has 1 unspecified atom stereocenters. The number of hydrogen-bond acceptors (Lipinski definition) is 4. The zero-order valence-corrected chi connectivity index (χ0v) is 16.1. The number of methoxy groups -OCH3 is 1. The van der Waals surface area contributed by atoms with Crippen LogP contribution in [0, 0.1) is 0 Å². The number of hydrogen-bond donors (Lipinski definition) is 1. The Kier molecular flexibility index (Phi) is 4.98. The molecule has 1 N–H and O–H groups in total. The molecule has 5 nitrogen and oxygen atoms in total. The smallest absolute Gasteiger partial charge is 0.258 e. The van der Waals surface area contributed by atoms with Crippen molar-refractivity contribution in [3.05, 3.63) is 83.6 Å². The quantitative estimate of drug-likeness (QED) is 0.725. The van der Waals surface area contributed by atoms with E-state index in [1.807, 2.05) is 53.4 Å². The van der Waals surface area contributed by atoms with E-state index in [2.05, 4.69) is 23.3 Å². The van der Waals surface area contributed by atoms with Crippen LogP contribution in [-0.4, -0.2) is 24.0 Å². The summed E-state index contributed by atoms with van der Waals surface area (Å²) in [6.45, 7) is 2.65. The molecular formula is C23H23N3O2. The molecule has 1 atom stereocenters. The fourth-order valence-electron chi connectivity index (χ4n) is 3.71. The molecule has 2 heterocycles. The Hall–Kier alpha value is -3.34. The monoisotopic (exact) mass is 373 g/mol. The molecule has 0 spiro atoms. The van der Waals surface area contributed by atoms with Crippen molar-refractivity contribution >= 4 is 17.4 Å². The second-order valence-corrected chi connectivity index (χ2v) is 6.95. The first-order valence-corrected chi connectivity index (χ1v) is 9.40. The number of nitrogens with one attached hydrogen (secondary N) is 1. The predicted octanol–water partition coefficient (Wildman–Crippen LogP) is 4.29. The summed E-state index contributed by atoms with van der Waals surface area (Å²) in [6.07, 6.45) is 2.55. The fraction of sp³-hybridized carbons (Fsp3) is 0.217. The van der Waals surface area contributed by atoms with Gasteiger partial charge in [-0.25, -0.2) is 4.98 Å². The van der Waals surface area contributed by atoms with Crippen LogP contribution in [0.3, 0.4) is 0 Å². The number of carbonyl (C=O) groups is 1. The van der Waals surface area contributed by atoms with Crippen molar-refractivity contribution in [3.63, 3.8) is 0 Å². The summed E-state index contributed by atoms with van der Waals surface area (Å²) >= 11 is 0. The lowest BCUT2D eigenvalue weighted by Gasteiger charge is -2.23. The van der Waals surface area contributed by atoms with Crippen molar-refractivity contribution in [1.82, 2.24) is 4.98 Å². The van der Waals surface area contributed by atoms with Gasteiger partial charge >= 0.3 is 0 Å². The zero-order chi connectivity index (χ0) is 19.5. The molecule has 1 amide bonds. The number of ether oxygens (including phenoxy) is 1. The van der Waals surface area contributed by atoms with Crippen molar-refractivity contribution in [2.24, 2.45) is 0 Å². The third kappa shape index (κ3) is 3.43. The molecule has 28 heavy (non-hydrogen) atoms. The summed E-state index contributed by atoms with van der Waals surface area (Å²) in [5, 5.41) is 3.29. The minimum atomic E-state index is 0.000177. The number of nitrogens with zero attached hydrogens (tertiary/aromatic N) is 2. The summed E-state index contributed by atoms with van der Waals surface area (Å²) in [5.41, 5.74) is 3.87. The number of benzene rings is 2. The fourth-order valence-corrected chi connectivity index (χ4v) is 3.71. The average molecular weight is 373 g/mol. The minimum Gasteiger partial charge on any atom is -0.496 e. The Bertz CT molecular complexity index is 1000. The van der Waals surface area contributed by atoms with Crippen molar-refractivity contribution in [2.45, 2.75) is 25.9 Å². The second kappa shape index (κ2) is 7.72. The number of para-hydroxylation sites is 2. The molecule has 0 bridgehead atoms. The first kappa shape index (κ1) is 18.0. The lowest BCUT2D eigenvalue weighted by molar-refractivity contribution is 0.0981. The molecule has 142 valence electrons. The van der Waals surface area contributed by atoms with E-state index in [9.17, 15) is 4.79 Å². The van der Waals surface area contributed by atoms with E-state index in [0.717, 1.165) is 23.4 Å².